The maximum absolute atomic E-state index is 11.5. The highest BCUT2D eigenvalue weighted by molar-refractivity contribution is 14.1. The van der Waals surface area contributed by atoms with Gasteiger partial charge in [-0.05, 0) is 16.6 Å². The van der Waals surface area contributed by atoms with Gasteiger partial charge in [-0.1, -0.05) is 29.5 Å². The molecule has 0 aromatic rings. The van der Waals surface area contributed by atoms with Crippen LogP contribution in [-0.4, -0.2) is 36.3 Å². The molecule has 0 saturated heterocycles. The fraction of sp³-hybridized carbons (Fsp3) is 0.667. The van der Waals surface area contributed by atoms with Crippen molar-refractivity contribution in [3.63, 3.8) is 0 Å². The van der Waals surface area contributed by atoms with Crippen LogP contribution >= 0.6 is 22.6 Å². The number of nitrogens with zero attached hydrogens (tertiary/aromatic N) is 1. The predicted octanol–water partition coefficient (Wildman–Crippen LogP) is 1.34. The third kappa shape index (κ3) is 3.55. The van der Waals surface area contributed by atoms with Gasteiger partial charge in [0.1, 0.15) is 0 Å². The number of hydroxylamine groups is 2. The predicted molar refractivity (Wildman–Crippen MR) is 62.7 cm³/mol. The minimum atomic E-state index is -0.753. The zero-order chi connectivity index (χ0) is 11.3. The Balaban J connectivity index is 4.46. The molecular formula is C9H16INO3. The molecule has 0 aromatic heterocycles. The lowest BCUT2D eigenvalue weighted by Gasteiger charge is -2.22. The standard InChI is InChI=1S/C9H16INO3/c1-6(5-10)8(12)7(2)9(13)11(3)14-4/h5,7-8,12H,1-4H3/b6-5+/t7-,8-/m1/s1. The Morgan fingerprint density at radius 1 is 1.64 bits per heavy atom. The number of aliphatic hydroxyl groups is 1. The first-order valence-electron chi connectivity index (χ1n) is 4.22. The highest BCUT2D eigenvalue weighted by atomic mass is 127. The van der Waals surface area contributed by atoms with Crippen molar-refractivity contribution in [2.45, 2.75) is 20.0 Å². The largest absolute Gasteiger partial charge is 0.388 e. The average Bonchev–Trinajstić information content (AvgIpc) is 2.23. The SMILES string of the molecule is CON(C)C(=O)[C@H](C)[C@H](O)/C(C)=C/I. The van der Waals surface area contributed by atoms with Crippen LogP contribution in [0.15, 0.2) is 9.66 Å². The van der Waals surface area contributed by atoms with Crippen molar-refractivity contribution in [2.75, 3.05) is 14.2 Å². The van der Waals surface area contributed by atoms with Crippen LogP contribution in [0.2, 0.25) is 0 Å². The van der Waals surface area contributed by atoms with Gasteiger partial charge in [0, 0.05) is 7.05 Å². The van der Waals surface area contributed by atoms with Crippen molar-refractivity contribution in [3.8, 4) is 0 Å². The van der Waals surface area contributed by atoms with E-state index in [0.29, 0.717) is 0 Å². The monoisotopic (exact) mass is 313 g/mol. The van der Waals surface area contributed by atoms with Crippen molar-refractivity contribution < 1.29 is 14.7 Å². The van der Waals surface area contributed by atoms with Gasteiger partial charge < -0.3 is 5.11 Å². The number of halogens is 1. The Morgan fingerprint density at radius 2 is 2.14 bits per heavy atom. The summed E-state index contributed by atoms with van der Waals surface area (Å²) in [7, 11) is 2.94. The molecule has 0 unspecified atom stereocenters. The zero-order valence-electron chi connectivity index (χ0n) is 8.82. The molecule has 5 heteroatoms. The molecule has 0 heterocycles. The van der Waals surface area contributed by atoms with Gasteiger partial charge in [-0.15, -0.1) is 0 Å². The van der Waals surface area contributed by atoms with Crippen molar-refractivity contribution in [1.29, 1.82) is 0 Å². The lowest BCUT2D eigenvalue weighted by Crippen LogP contribution is -2.37. The summed E-state index contributed by atoms with van der Waals surface area (Å²) in [4.78, 5) is 16.3. The molecular weight excluding hydrogens is 297 g/mol. The molecule has 0 fully saturated rings. The molecule has 0 aromatic carbocycles. The average molecular weight is 313 g/mol. The van der Waals surface area contributed by atoms with E-state index in [4.69, 9.17) is 4.84 Å². The quantitative estimate of drug-likeness (QED) is 0.629. The summed E-state index contributed by atoms with van der Waals surface area (Å²) < 4.78 is 1.76. The summed E-state index contributed by atoms with van der Waals surface area (Å²) in [6, 6.07) is 0. The van der Waals surface area contributed by atoms with E-state index in [0.717, 1.165) is 10.6 Å². The van der Waals surface area contributed by atoms with Gasteiger partial charge >= 0.3 is 0 Å². The number of rotatable bonds is 4. The van der Waals surface area contributed by atoms with Gasteiger partial charge in [-0.3, -0.25) is 9.63 Å². The van der Waals surface area contributed by atoms with Crippen molar-refractivity contribution in [2.24, 2.45) is 5.92 Å². The Kier molecular flexibility index (Phi) is 6.30. The minimum absolute atomic E-state index is 0.238. The van der Waals surface area contributed by atoms with Gasteiger partial charge in [-0.25, -0.2) is 5.06 Å². The van der Waals surface area contributed by atoms with Crippen LogP contribution in [0.3, 0.4) is 0 Å². The fourth-order valence-electron chi connectivity index (χ4n) is 0.971. The van der Waals surface area contributed by atoms with Crippen LogP contribution < -0.4 is 0 Å². The molecule has 0 spiro atoms. The van der Waals surface area contributed by atoms with E-state index in [1.165, 1.54) is 14.2 Å². The van der Waals surface area contributed by atoms with Crippen LogP contribution in [-0.2, 0) is 9.63 Å². The van der Waals surface area contributed by atoms with E-state index in [9.17, 15) is 9.90 Å². The molecule has 0 bridgehead atoms. The Hall–Kier alpha value is -0.140. The first-order chi connectivity index (χ1) is 6.45. The molecule has 0 aliphatic rings. The highest BCUT2D eigenvalue weighted by Crippen LogP contribution is 2.15. The number of carbonyl (C=O) groups excluding carboxylic acids is 1. The molecule has 0 aliphatic carbocycles. The fourth-order valence-corrected chi connectivity index (χ4v) is 1.34. The number of aliphatic hydroxyl groups excluding tert-OH is 1. The van der Waals surface area contributed by atoms with E-state index in [-0.39, 0.29) is 5.91 Å². The van der Waals surface area contributed by atoms with E-state index >= 15 is 0 Å². The molecule has 0 radical (unpaired) electrons. The number of carbonyl (C=O) groups is 1. The van der Waals surface area contributed by atoms with Gasteiger partial charge in [0.25, 0.3) is 5.91 Å². The third-order valence-electron chi connectivity index (χ3n) is 2.09. The van der Waals surface area contributed by atoms with Crippen molar-refractivity contribution in [1.82, 2.24) is 5.06 Å². The summed E-state index contributed by atoms with van der Waals surface area (Å²) >= 11 is 2.03. The molecule has 82 valence electrons. The number of hydrogen-bond donors (Lipinski definition) is 1. The molecule has 2 atom stereocenters. The van der Waals surface area contributed by atoms with Crippen LogP contribution in [0.1, 0.15) is 13.8 Å². The van der Waals surface area contributed by atoms with Gasteiger partial charge in [-0.2, -0.15) is 0 Å². The topological polar surface area (TPSA) is 49.8 Å². The lowest BCUT2D eigenvalue weighted by molar-refractivity contribution is -0.175. The highest BCUT2D eigenvalue weighted by Gasteiger charge is 2.25. The van der Waals surface area contributed by atoms with Crippen LogP contribution in [0.5, 0.6) is 0 Å². The Morgan fingerprint density at radius 3 is 2.50 bits per heavy atom. The molecule has 14 heavy (non-hydrogen) atoms. The summed E-state index contributed by atoms with van der Waals surface area (Å²) in [5, 5.41) is 10.8. The van der Waals surface area contributed by atoms with Gasteiger partial charge in [0.15, 0.2) is 0 Å². The van der Waals surface area contributed by atoms with E-state index in [1.54, 1.807) is 17.9 Å². The molecule has 0 rings (SSSR count). The second-order valence-corrected chi connectivity index (χ2v) is 3.73. The molecule has 4 nitrogen and oxygen atoms in total. The Bertz CT molecular complexity index is 230. The smallest absolute Gasteiger partial charge is 0.251 e. The normalized spacial score (nSPS) is 16.3. The van der Waals surface area contributed by atoms with Crippen LogP contribution in [0.25, 0.3) is 0 Å². The molecule has 0 aliphatic heterocycles. The minimum Gasteiger partial charge on any atom is -0.388 e. The first-order valence-corrected chi connectivity index (χ1v) is 5.46. The second kappa shape index (κ2) is 6.36. The van der Waals surface area contributed by atoms with Crippen LogP contribution in [0.4, 0.5) is 0 Å². The zero-order valence-corrected chi connectivity index (χ0v) is 11.0. The number of hydrogen-bond acceptors (Lipinski definition) is 3. The summed E-state index contributed by atoms with van der Waals surface area (Å²) in [6.07, 6.45) is -0.753. The maximum atomic E-state index is 11.5. The summed E-state index contributed by atoms with van der Waals surface area (Å²) in [5.41, 5.74) is 0.774. The number of amides is 1. The van der Waals surface area contributed by atoms with E-state index in [2.05, 4.69) is 0 Å². The van der Waals surface area contributed by atoms with Crippen molar-refractivity contribution >= 4 is 28.5 Å². The van der Waals surface area contributed by atoms with E-state index in [1.807, 2.05) is 22.6 Å². The van der Waals surface area contributed by atoms with Gasteiger partial charge in [0.05, 0.1) is 19.1 Å². The molecule has 1 amide bonds. The molecule has 1 N–H and O–H groups in total. The first kappa shape index (κ1) is 13.9. The second-order valence-electron chi connectivity index (χ2n) is 3.10. The maximum Gasteiger partial charge on any atom is 0.251 e. The summed E-state index contributed by atoms with van der Waals surface area (Å²) in [6.45, 7) is 3.46. The van der Waals surface area contributed by atoms with Gasteiger partial charge in [0.2, 0.25) is 0 Å². The van der Waals surface area contributed by atoms with Crippen molar-refractivity contribution in [3.05, 3.63) is 9.66 Å². The summed E-state index contributed by atoms with van der Waals surface area (Å²) in [5.74, 6) is -0.733. The lowest BCUT2D eigenvalue weighted by atomic mass is 9.99. The Labute approximate surface area is 98.0 Å². The van der Waals surface area contributed by atoms with E-state index < -0.39 is 12.0 Å². The molecule has 0 saturated carbocycles. The third-order valence-corrected chi connectivity index (χ3v) is 3.07. The van der Waals surface area contributed by atoms with Crippen LogP contribution in [0, 0.1) is 5.92 Å².